The lowest BCUT2D eigenvalue weighted by atomic mass is 9.96. The number of carbonyl (C=O) groups excluding carboxylic acids is 1. The first-order valence-electron chi connectivity index (χ1n) is 12.1. The highest BCUT2D eigenvalue weighted by molar-refractivity contribution is 5.79. The molecule has 184 valence electrons. The zero-order valence-electron chi connectivity index (χ0n) is 20.0. The second-order valence-electron chi connectivity index (χ2n) is 8.63. The first-order chi connectivity index (χ1) is 17.7. The molecule has 36 heavy (non-hydrogen) atoms. The number of ether oxygens (including phenoxy) is 1. The molecule has 9 heteroatoms. The monoisotopic (exact) mass is 483 g/mol. The van der Waals surface area contributed by atoms with Crippen molar-refractivity contribution in [2.24, 2.45) is 5.92 Å². The van der Waals surface area contributed by atoms with Crippen LogP contribution in [-0.2, 0) is 4.79 Å². The highest BCUT2D eigenvalue weighted by Gasteiger charge is 2.25. The van der Waals surface area contributed by atoms with Crippen LogP contribution in [0.2, 0.25) is 0 Å². The minimum atomic E-state index is 0.0113. The van der Waals surface area contributed by atoms with E-state index < -0.39 is 0 Å². The summed E-state index contributed by atoms with van der Waals surface area (Å²) in [6.07, 6.45) is 7.00. The molecular formula is C27H29N7O2. The Kier molecular flexibility index (Phi) is 7.36. The summed E-state index contributed by atoms with van der Waals surface area (Å²) in [6.45, 7) is 2.50. The number of nitrogens with one attached hydrogen (secondary N) is 2. The van der Waals surface area contributed by atoms with Gasteiger partial charge in [-0.05, 0) is 61.4 Å². The number of nitrogens with zero attached hydrogens (tertiary/aromatic N) is 5. The minimum absolute atomic E-state index is 0.0113. The number of anilines is 3. The molecule has 3 heterocycles. The molecule has 1 fully saturated rings. The van der Waals surface area contributed by atoms with E-state index in [1.807, 2.05) is 77.5 Å². The molecular weight excluding hydrogens is 454 g/mol. The van der Waals surface area contributed by atoms with Crippen molar-refractivity contribution < 1.29 is 9.53 Å². The minimum Gasteiger partial charge on any atom is -0.492 e. The van der Waals surface area contributed by atoms with Crippen molar-refractivity contribution >= 4 is 23.2 Å². The number of hydrogen-bond acceptors (Lipinski definition) is 7. The molecule has 5 rings (SSSR count). The molecule has 0 radical (unpaired) electrons. The third-order valence-electron chi connectivity index (χ3n) is 6.20. The van der Waals surface area contributed by atoms with Gasteiger partial charge in [-0.2, -0.15) is 0 Å². The first-order valence-corrected chi connectivity index (χ1v) is 12.1. The van der Waals surface area contributed by atoms with Crippen molar-refractivity contribution in [1.29, 1.82) is 0 Å². The lowest BCUT2D eigenvalue weighted by Crippen LogP contribution is -2.41. The van der Waals surface area contributed by atoms with E-state index in [0.717, 1.165) is 48.9 Å². The summed E-state index contributed by atoms with van der Waals surface area (Å²) in [4.78, 5) is 18.8. The van der Waals surface area contributed by atoms with Gasteiger partial charge in [0.05, 0.1) is 12.9 Å². The van der Waals surface area contributed by atoms with Crippen molar-refractivity contribution in [3.63, 3.8) is 0 Å². The molecule has 0 bridgehead atoms. The first kappa shape index (κ1) is 23.3. The Morgan fingerprint density at radius 2 is 1.78 bits per heavy atom. The van der Waals surface area contributed by atoms with Gasteiger partial charge in [0.2, 0.25) is 5.91 Å². The summed E-state index contributed by atoms with van der Waals surface area (Å²) in [5.74, 6) is 2.42. The van der Waals surface area contributed by atoms with Gasteiger partial charge in [-0.25, -0.2) is 4.98 Å². The van der Waals surface area contributed by atoms with Gasteiger partial charge in [0.1, 0.15) is 12.4 Å². The maximum absolute atomic E-state index is 12.5. The zero-order chi connectivity index (χ0) is 24.6. The van der Waals surface area contributed by atoms with Crippen LogP contribution in [0.15, 0.2) is 85.5 Å². The average Bonchev–Trinajstić information content (AvgIpc) is 3.48. The smallest absolute Gasteiger partial charge is 0.223 e. The van der Waals surface area contributed by atoms with Gasteiger partial charge in [-0.1, -0.05) is 18.2 Å². The number of carbonyl (C=O) groups is 1. The summed E-state index contributed by atoms with van der Waals surface area (Å²) < 4.78 is 7.59. The number of piperidine rings is 1. The van der Waals surface area contributed by atoms with Crippen LogP contribution < -0.4 is 20.3 Å². The van der Waals surface area contributed by atoms with Gasteiger partial charge in [0, 0.05) is 42.8 Å². The van der Waals surface area contributed by atoms with Gasteiger partial charge >= 0.3 is 0 Å². The highest BCUT2D eigenvalue weighted by atomic mass is 16.5. The average molecular weight is 484 g/mol. The Morgan fingerprint density at radius 1 is 0.972 bits per heavy atom. The van der Waals surface area contributed by atoms with Gasteiger partial charge in [0.15, 0.2) is 11.6 Å². The summed E-state index contributed by atoms with van der Waals surface area (Å²) in [5.41, 5.74) is 1.97. The number of rotatable bonds is 9. The Balaban J connectivity index is 1.05. The van der Waals surface area contributed by atoms with E-state index in [4.69, 9.17) is 4.74 Å². The molecule has 0 atom stereocenters. The molecule has 2 N–H and O–H groups in total. The third kappa shape index (κ3) is 5.99. The molecule has 1 amide bonds. The van der Waals surface area contributed by atoms with Crippen LogP contribution in [0.25, 0.3) is 5.69 Å². The summed E-state index contributed by atoms with van der Waals surface area (Å²) in [7, 11) is 0. The van der Waals surface area contributed by atoms with Crippen LogP contribution in [0.5, 0.6) is 5.75 Å². The lowest BCUT2D eigenvalue weighted by Gasteiger charge is -2.31. The fraction of sp³-hybridized carbons (Fsp3) is 0.259. The number of aromatic nitrogens is 4. The van der Waals surface area contributed by atoms with E-state index in [-0.39, 0.29) is 11.8 Å². The van der Waals surface area contributed by atoms with Crippen LogP contribution in [0.1, 0.15) is 12.8 Å². The molecule has 1 saturated heterocycles. The molecule has 0 spiro atoms. The fourth-order valence-electron chi connectivity index (χ4n) is 4.21. The van der Waals surface area contributed by atoms with E-state index in [1.54, 1.807) is 12.5 Å². The van der Waals surface area contributed by atoms with Gasteiger partial charge in [-0.3, -0.25) is 4.79 Å². The third-order valence-corrected chi connectivity index (χ3v) is 6.20. The Bertz CT molecular complexity index is 1220. The predicted octanol–water partition coefficient (Wildman–Crippen LogP) is 3.82. The van der Waals surface area contributed by atoms with E-state index in [1.165, 1.54) is 0 Å². The largest absolute Gasteiger partial charge is 0.492 e. The summed E-state index contributed by atoms with van der Waals surface area (Å²) >= 11 is 0. The topological polar surface area (TPSA) is 97.2 Å². The molecule has 0 unspecified atom stereocenters. The zero-order valence-corrected chi connectivity index (χ0v) is 20.0. The molecule has 1 aliphatic rings. The number of amides is 1. The Hall–Kier alpha value is -4.40. The van der Waals surface area contributed by atoms with Crippen LogP contribution in [0.4, 0.5) is 17.3 Å². The second-order valence-corrected chi connectivity index (χ2v) is 8.63. The predicted molar refractivity (Wildman–Crippen MR) is 139 cm³/mol. The molecule has 0 aliphatic carbocycles. The molecule has 9 nitrogen and oxygen atoms in total. The maximum atomic E-state index is 12.5. The number of benzene rings is 2. The van der Waals surface area contributed by atoms with Crippen LogP contribution in [0.3, 0.4) is 0 Å². The van der Waals surface area contributed by atoms with E-state index in [9.17, 15) is 4.79 Å². The Morgan fingerprint density at radius 3 is 2.47 bits per heavy atom. The van der Waals surface area contributed by atoms with E-state index in [0.29, 0.717) is 19.0 Å². The highest BCUT2D eigenvalue weighted by Crippen LogP contribution is 2.23. The fourth-order valence-corrected chi connectivity index (χ4v) is 4.21. The van der Waals surface area contributed by atoms with E-state index >= 15 is 0 Å². The van der Waals surface area contributed by atoms with Crippen molar-refractivity contribution in [3.05, 3.63) is 85.5 Å². The van der Waals surface area contributed by atoms with Crippen LogP contribution in [-0.4, -0.2) is 51.9 Å². The summed E-state index contributed by atoms with van der Waals surface area (Å²) in [5, 5.41) is 15.0. The molecule has 2 aromatic carbocycles. The molecule has 2 aromatic heterocycles. The normalized spacial score (nSPS) is 13.8. The number of hydrogen-bond donors (Lipinski definition) is 2. The lowest BCUT2D eigenvalue weighted by molar-refractivity contribution is -0.125. The molecule has 4 aromatic rings. The van der Waals surface area contributed by atoms with Crippen molar-refractivity contribution in [2.75, 3.05) is 36.5 Å². The van der Waals surface area contributed by atoms with Gasteiger partial charge in [0.25, 0.3) is 0 Å². The Labute approximate surface area is 210 Å². The quantitative estimate of drug-likeness (QED) is 0.349. The van der Waals surface area contributed by atoms with E-state index in [2.05, 4.69) is 30.7 Å². The summed E-state index contributed by atoms with van der Waals surface area (Å²) in [6, 6.07) is 21.5. The van der Waals surface area contributed by atoms with Crippen LogP contribution in [0, 0.1) is 5.92 Å². The maximum Gasteiger partial charge on any atom is 0.223 e. The van der Waals surface area contributed by atoms with Crippen molar-refractivity contribution in [1.82, 2.24) is 25.1 Å². The van der Waals surface area contributed by atoms with Gasteiger partial charge in [-0.15, -0.1) is 10.2 Å². The second kappa shape index (κ2) is 11.4. The van der Waals surface area contributed by atoms with Crippen molar-refractivity contribution in [3.8, 4) is 11.4 Å². The molecule has 1 aliphatic heterocycles. The standard InChI is InChI=1S/C27H29N7O2/c35-27(29-15-19-36-24-4-2-1-3-5-24)21-12-16-33(17-13-21)26-11-10-25(31-32-26)30-22-6-8-23(9-7-22)34-18-14-28-20-34/h1-11,14,18,20-21H,12-13,15-17,19H2,(H,29,35)(H,30,31). The van der Waals surface area contributed by atoms with Gasteiger partial charge < -0.3 is 24.8 Å². The molecule has 0 saturated carbocycles. The number of para-hydroxylation sites is 1. The van der Waals surface area contributed by atoms with Crippen LogP contribution >= 0.6 is 0 Å². The number of imidazole rings is 1. The SMILES string of the molecule is O=C(NCCOc1ccccc1)C1CCN(c2ccc(Nc3ccc(-n4ccnc4)cc3)nn2)CC1. The van der Waals surface area contributed by atoms with Crippen molar-refractivity contribution in [2.45, 2.75) is 12.8 Å².